The van der Waals surface area contributed by atoms with Crippen LogP contribution in [0.2, 0.25) is 0 Å². The van der Waals surface area contributed by atoms with Gasteiger partial charge in [-0.05, 0) is 12.1 Å². The highest BCUT2D eigenvalue weighted by molar-refractivity contribution is 5.78. The van der Waals surface area contributed by atoms with Gasteiger partial charge >= 0.3 is 0 Å². The van der Waals surface area contributed by atoms with Crippen LogP contribution in [0.3, 0.4) is 0 Å². The van der Waals surface area contributed by atoms with Gasteiger partial charge in [0.1, 0.15) is 11.9 Å². The minimum atomic E-state index is 0.668. The number of H-pyrrole nitrogens is 2. The molecule has 3 rings (SSSR count). The molecule has 14 heavy (non-hydrogen) atoms. The van der Waals surface area contributed by atoms with Crippen molar-refractivity contribution in [1.29, 1.82) is 0 Å². The van der Waals surface area contributed by atoms with Crippen molar-refractivity contribution in [2.24, 2.45) is 0 Å². The van der Waals surface area contributed by atoms with E-state index in [9.17, 15) is 0 Å². The van der Waals surface area contributed by atoms with Crippen molar-refractivity contribution in [1.82, 2.24) is 25.4 Å². The summed E-state index contributed by atoms with van der Waals surface area (Å²) in [5, 5.41) is 9.86. The molecule has 0 aliphatic heterocycles. The van der Waals surface area contributed by atoms with Crippen LogP contribution in [0.25, 0.3) is 22.6 Å². The fraction of sp³-hybridized carbons (Fsp3) is 0. The zero-order valence-electron chi connectivity index (χ0n) is 7.15. The molecule has 1 aromatic carbocycles. The molecule has 1 radical (unpaired) electrons. The molecule has 5 heteroatoms. The van der Waals surface area contributed by atoms with Crippen molar-refractivity contribution in [3.8, 4) is 11.5 Å². The molecule has 5 nitrogen and oxygen atoms in total. The summed E-state index contributed by atoms with van der Waals surface area (Å²) in [6, 6.07) is 7.82. The maximum Gasteiger partial charge on any atom is 0.158 e. The SMILES string of the molecule is [c]1nn[nH]c1-c1nc2ccccc2[nH]1. The molecule has 0 bridgehead atoms. The van der Waals surface area contributed by atoms with Crippen molar-refractivity contribution in [3.63, 3.8) is 0 Å². The number of aromatic nitrogens is 5. The van der Waals surface area contributed by atoms with Crippen molar-refractivity contribution < 1.29 is 0 Å². The van der Waals surface area contributed by atoms with Gasteiger partial charge in [-0.3, -0.25) is 5.10 Å². The third-order valence-electron chi connectivity index (χ3n) is 2.00. The Balaban J connectivity index is 2.24. The van der Waals surface area contributed by atoms with E-state index in [0.717, 1.165) is 11.0 Å². The van der Waals surface area contributed by atoms with E-state index in [4.69, 9.17) is 0 Å². The van der Waals surface area contributed by atoms with E-state index < -0.39 is 0 Å². The van der Waals surface area contributed by atoms with E-state index in [1.807, 2.05) is 24.3 Å². The highest BCUT2D eigenvalue weighted by atomic mass is 15.3. The smallest absolute Gasteiger partial charge is 0.158 e. The number of fused-ring (bicyclic) bond motifs is 1. The summed E-state index contributed by atoms with van der Waals surface area (Å²) < 4.78 is 0. The van der Waals surface area contributed by atoms with Crippen LogP contribution in [-0.2, 0) is 0 Å². The molecule has 2 heterocycles. The zero-order valence-corrected chi connectivity index (χ0v) is 7.15. The molecular weight excluding hydrogens is 178 g/mol. The summed E-state index contributed by atoms with van der Waals surface area (Å²) in [6.07, 6.45) is 2.70. The van der Waals surface area contributed by atoms with E-state index in [1.54, 1.807) is 0 Å². The molecular formula is C9H6N5. The highest BCUT2D eigenvalue weighted by Crippen LogP contribution is 2.16. The monoisotopic (exact) mass is 184 g/mol. The van der Waals surface area contributed by atoms with Crippen molar-refractivity contribution in [2.75, 3.05) is 0 Å². The second kappa shape index (κ2) is 2.66. The Labute approximate surface area is 79.2 Å². The number of nitrogens with zero attached hydrogens (tertiary/aromatic N) is 3. The Morgan fingerprint density at radius 2 is 2.14 bits per heavy atom. The highest BCUT2D eigenvalue weighted by Gasteiger charge is 2.05. The molecule has 0 amide bonds. The summed E-state index contributed by atoms with van der Waals surface area (Å²) in [5.74, 6) is 0.705. The predicted molar refractivity (Wildman–Crippen MR) is 50.3 cm³/mol. The maximum atomic E-state index is 4.36. The number of para-hydroxylation sites is 2. The van der Waals surface area contributed by atoms with Crippen LogP contribution in [0.5, 0.6) is 0 Å². The summed E-state index contributed by atoms with van der Waals surface area (Å²) in [4.78, 5) is 7.50. The van der Waals surface area contributed by atoms with Gasteiger partial charge in [-0.25, -0.2) is 4.98 Å². The van der Waals surface area contributed by atoms with Crippen LogP contribution in [0, 0.1) is 6.20 Å². The Bertz CT molecular complexity index is 518. The maximum absolute atomic E-state index is 4.36. The summed E-state index contributed by atoms with van der Waals surface area (Å²) in [7, 11) is 0. The third-order valence-corrected chi connectivity index (χ3v) is 2.00. The van der Waals surface area contributed by atoms with Gasteiger partial charge in [-0.15, -0.1) is 5.10 Å². The van der Waals surface area contributed by atoms with Gasteiger partial charge in [-0.2, -0.15) is 0 Å². The Morgan fingerprint density at radius 1 is 1.21 bits per heavy atom. The number of imidazole rings is 1. The fourth-order valence-electron chi connectivity index (χ4n) is 1.35. The third kappa shape index (κ3) is 0.990. The van der Waals surface area contributed by atoms with Crippen LogP contribution in [0.1, 0.15) is 0 Å². The van der Waals surface area contributed by atoms with Crippen LogP contribution in [0.4, 0.5) is 0 Å². The molecule has 0 aliphatic carbocycles. The number of rotatable bonds is 1. The predicted octanol–water partition coefficient (Wildman–Crippen LogP) is 1.15. The summed E-state index contributed by atoms with van der Waals surface area (Å²) in [6.45, 7) is 0. The normalized spacial score (nSPS) is 10.9. The minimum absolute atomic E-state index is 0.668. The lowest BCUT2D eigenvalue weighted by atomic mass is 10.3. The van der Waals surface area contributed by atoms with E-state index in [0.29, 0.717) is 11.5 Å². The van der Waals surface area contributed by atoms with Gasteiger partial charge < -0.3 is 4.98 Å². The van der Waals surface area contributed by atoms with Crippen LogP contribution < -0.4 is 0 Å². The standard InChI is InChI=1S/C9H6N5/c1-2-4-7-6(3-1)11-9(12-7)8-5-10-14-13-8/h1-4H,(H,11,12)(H,10,13,14). The van der Waals surface area contributed by atoms with Gasteiger partial charge in [0.25, 0.3) is 0 Å². The molecule has 0 unspecified atom stereocenters. The van der Waals surface area contributed by atoms with Crippen LogP contribution in [0.15, 0.2) is 24.3 Å². The number of nitrogens with one attached hydrogen (secondary N) is 2. The molecule has 0 spiro atoms. The molecule has 0 saturated heterocycles. The molecule has 67 valence electrons. The Kier molecular flexibility index (Phi) is 1.38. The topological polar surface area (TPSA) is 70.2 Å². The first-order valence-electron chi connectivity index (χ1n) is 4.17. The minimum Gasteiger partial charge on any atom is -0.337 e. The first-order chi connectivity index (χ1) is 6.93. The second-order valence-corrected chi connectivity index (χ2v) is 2.90. The Hall–Kier alpha value is -2.17. The Morgan fingerprint density at radius 3 is 2.93 bits per heavy atom. The van der Waals surface area contributed by atoms with Gasteiger partial charge in [0, 0.05) is 0 Å². The molecule has 0 saturated carbocycles. The zero-order chi connectivity index (χ0) is 9.38. The second-order valence-electron chi connectivity index (χ2n) is 2.90. The van der Waals surface area contributed by atoms with Gasteiger partial charge in [0.15, 0.2) is 5.82 Å². The van der Waals surface area contributed by atoms with E-state index in [2.05, 4.69) is 31.6 Å². The molecule has 2 N–H and O–H groups in total. The number of hydrogen-bond donors (Lipinski definition) is 2. The van der Waals surface area contributed by atoms with Crippen LogP contribution >= 0.6 is 0 Å². The molecule has 3 aromatic rings. The number of hydrogen-bond acceptors (Lipinski definition) is 3. The summed E-state index contributed by atoms with van der Waals surface area (Å²) >= 11 is 0. The first-order valence-corrected chi connectivity index (χ1v) is 4.17. The lowest BCUT2D eigenvalue weighted by molar-refractivity contribution is 0.938. The van der Waals surface area contributed by atoms with Crippen molar-refractivity contribution in [3.05, 3.63) is 30.5 Å². The quantitative estimate of drug-likeness (QED) is 0.596. The lowest BCUT2D eigenvalue weighted by Gasteiger charge is -1.84. The number of aromatic amines is 2. The average molecular weight is 184 g/mol. The van der Waals surface area contributed by atoms with E-state index >= 15 is 0 Å². The largest absolute Gasteiger partial charge is 0.337 e. The molecule has 0 atom stereocenters. The number of benzene rings is 1. The van der Waals surface area contributed by atoms with Gasteiger partial charge in [0.2, 0.25) is 0 Å². The first kappa shape index (κ1) is 7.25. The van der Waals surface area contributed by atoms with Crippen molar-refractivity contribution in [2.45, 2.75) is 0 Å². The van der Waals surface area contributed by atoms with Gasteiger partial charge in [0.05, 0.1) is 11.0 Å². The lowest BCUT2D eigenvalue weighted by Crippen LogP contribution is -1.79. The summed E-state index contributed by atoms with van der Waals surface area (Å²) in [5.41, 5.74) is 2.58. The van der Waals surface area contributed by atoms with Gasteiger partial charge in [-0.1, -0.05) is 17.3 Å². The van der Waals surface area contributed by atoms with E-state index in [-0.39, 0.29) is 0 Å². The molecule has 0 aliphatic rings. The molecule has 2 aromatic heterocycles. The van der Waals surface area contributed by atoms with E-state index in [1.165, 1.54) is 0 Å². The fourth-order valence-corrected chi connectivity index (χ4v) is 1.35. The average Bonchev–Trinajstić information content (AvgIpc) is 2.86. The van der Waals surface area contributed by atoms with Crippen molar-refractivity contribution >= 4 is 11.0 Å². The molecule has 0 fully saturated rings. The van der Waals surface area contributed by atoms with Crippen LogP contribution in [-0.4, -0.2) is 25.4 Å².